The highest BCUT2D eigenvalue weighted by Crippen LogP contribution is 2.37. The van der Waals surface area contributed by atoms with Crippen molar-refractivity contribution in [3.8, 4) is 0 Å². The second-order valence-corrected chi connectivity index (χ2v) is 4.91. The fraction of sp³-hybridized carbons (Fsp3) is 1.00. The van der Waals surface area contributed by atoms with Crippen LogP contribution in [0.25, 0.3) is 0 Å². The van der Waals surface area contributed by atoms with Gasteiger partial charge in [0.15, 0.2) is 0 Å². The molecule has 1 saturated heterocycles. The zero-order chi connectivity index (χ0) is 9.31. The van der Waals surface area contributed by atoms with E-state index in [-0.39, 0.29) is 0 Å². The Labute approximate surface area is 80.7 Å². The molecule has 2 N–H and O–H groups in total. The molecule has 1 aliphatic carbocycles. The van der Waals surface area contributed by atoms with Crippen LogP contribution < -0.4 is 5.32 Å². The van der Waals surface area contributed by atoms with E-state index in [1.807, 2.05) is 6.92 Å². The van der Waals surface area contributed by atoms with Crippen LogP contribution in [0.1, 0.15) is 45.4 Å². The molecule has 3 atom stereocenters. The minimum atomic E-state index is -0.403. The highest BCUT2D eigenvalue weighted by Gasteiger charge is 2.39. The van der Waals surface area contributed by atoms with Crippen molar-refractivity contribution < 1.29 is 5.11 Å². The van der Waals surface area contributed by atoms with Gasteiger partial charge in [-0.2, -0.15) is 0 Å². The Hall–Kier alpha value is -0.0800. The molecule has 0 spiro atoms. The summed E-state index contributed by atoms with van der Waals surface area (Å²) in [5.74, 6) is 0.503. The molecule has 0 aromatic heterocycles. The molecule has 1 saturated carbocycles. The summed E-state index contributed by atoms with van der Waals surface area (Å²) >= 11 is 0. The summed E-state index contributed by atoms with van der Waals surface area (Å²) in [5, 5.41) is 13.8. The summed E-state index contributed by atoms with van der Waals surface area (Å²) in [5.41, 5.74) is -0.403. The average Bonchev–Trinajstić information content (AvgIpc) is 2.55. The van der Waals surface area contributed by atoms with Crippen LogP contribution in [-0.4, -0.2) is 23.3 Å². The molecule has 0 unspecified atom stereocenters. The van der Waals surface area contributed by atoms with Crippen LogP contribution in [0.5, 0.6) is 0 Å². The third kappa shape index (κ3) is 1.89. The molecular formula is C11H21NO. The maximum Gasteiger partial charge on any atom is 0.0662 e. The summed E-state index contributed by atoms with van der Waals surface area (Å²) in [4.78, 5) is 0. The molecule has 1 heterocycles. The highest BCUT2D eigenvalue weighted by molar-refractivity contribution is 4.94. The molecule has 2 nitrogen and oxygen atoms in total. The monoisotopic (exact) mass is 183 g/mol. The van der Waals surface area contributed by atoms with Crippen molar-refractivity contribution in [1.29, 1.82) is 0 Å². The Morgan fingerprint density at radius 1 is 1.23 bits per heavy atom. The van der Waals surface area contributed by atoms with Crippen LogP contribution in [0.3, 0.4) is 0 Å². The Bertz CT molecular complexity index is 173. The van der Waals surface area contributed by atoms with Gasteiger partial charge in [-0.15, -0.1) is 0 Å². The Kier molecular flexibility index (Phi) is 2.61. The first-order chi connectivity index (χ1) is 6.20. The lowest BCUT2D eigenvalue weighted by atomic mass is 9.72. The van der Waals surface area contributed by atoms with E-state index in [9.17, 15) is 5.11 Å². The standard InChI is InChI=1S/C11H21NO/c1-11(13)7-3-2-5-9(11)10-6-4-8-12-10/h9-10,12-13H,2-8H2,1H3/t9-,10-,11+/m1/s1. The summed E-state index contributed by atoms with van der Waals surface area (Å²) in [6.07, 6.45) is 7.27. The number of hydrogen-bond donors (Lipinski definition) is 2. The van der Waals surface area contributed by atoms with E-state index in [0.717, 1.165) is 13.0 Å². The SMILES string of the molecule is C[C@]1(O)CCCC[C@@H]1[C@H]1CCCN1. The molecule has 1 aliphatic heterocycles. The summed E-state index contributed by atoms with van der Waals surface area (Å²) < 4.78 is 0. The van der Waals surface area contributed by atoms with Gasteiger partial charge in [-0.05, 0) is 39.2 Å². The normalized spacial score (nSPS) is 46.6. The van der Waals surface area contributed by atoms with Gasteiger partial charge in [0.25, 0.3) is 0 Å². The van der Waals surface area contributed by atoms with Crippen molar-refractivity contribution in [3.05, 3.63) is 0 Å². The van der Waals surface area contributed by atoms with Crippen LogP contribution in [0.15, 0.2) is 0 Å². The van der Waals surface area contributed by atoms with Crippen molar-refractivity contribution >= 4 is 0 Å². The average molecular weight is 183 g/mol. The highest BCUT2D eigenvalue weighted by atomic mass is 16.3. The summed E-state index contributed by atoms with van der Waals surface area (Å²) in [6, 6.07) is 0.593. The molecule has 2 heteroatoms. The lowest BCUT2D eigenvalue weighted by Gasteiger charge is -2.40. The fourth-order valence-corrected chi connectivity index (χ4v) is 3.03. The number of hydrogen-bond acceptors (Lipinski definition) is 2. The fourth-order valence-electron chi connectivity index (χ4n) is 3.03. The van der Waals surface area contributed by atoms with E-state index >= 15 is 0 Å². The molecule has 76 valence electrons. The van der Waals surface area contributed by atoms with Crippen molar-refractivity contribution in [2.45, 2.75) is 57.1 Å². The molecule has 0 aromatic carbocycles. The third-order valence-corrected chi connectivity index (χ3v) is 3.83. The zero-order valence-electron chi connectivity index (χ0n) is 8.55. The van der Waals surface area contributed by atoms with E-state index in [2.05, 4.69) is 5.32 Å². The smallest absolute Gasteiger partial charge is 0.0662 e. The maximum atomic E-state index is 10.3. The van der Waals surface area contributed by atoms with E-state index in [1.54, 1.807) is 0 Å². The second-order valence-electron chi connectivity index (χ2n) is 4.91. The Morgan fingerprint density at radius 2 is 2.08 bits per heavy atom. The van der Waals surface area contributed by atoms with Gasteiger partial charge in [-0.1, -0.05) is 12.8 Å². The van der Waals surface area contributed by atoms with Crippen LogP contribution in [0.4, 0.5) is 0 Å². The topological polar surface area (TPSA) is 32.3 Å². The van der Waals surface area contributed by atoms with E-state index in [1.165, 1.54) is 32.1 Å². The van der Waals surface area contributed by atoms with Crippen LogP contribution in [0.2, 0.25) is 0 Å². The minimum Gasteiger partial charge on any atom is -0.390 e. The van der Waals surface area contributed by atoms with E-state index in [4.69, 9.17) is 0 Å². The van der Waals surface area contributed by atoms with Gasteiger partial charge in [0.05, 0.1) is 5.60 Å². The van der Waals surface area contributed by atoms with Gasteiger partial charge in [0, 0.05) is 12.0 Å². The first-order valence-corrected chi connectivity index (χ1v) is 5.66. The van der Waals surface area contributed by atoms with Crippen molar-refractivity contribution in [1.82, 2.24) is 5.32 Å². The molecule has 0 radical (unpaired) electrons. The van der Waals surface area contributed by atoms with Crippen molar-refractivity contribution in [2.24, 2.45) is 5.92 Å². The van der Waals surface area contributed by atoms with Gasteiger partial charge in [0.1, 0.15) is 0 Å². The zero-order valence-corrected chi connectivity index (χ0v) is 8.55. The number of nitrogens with one attached hydrogen (secondary N) is 1. The molecule has 2 aliphatic rings. The Balaban J connectivity index is 2.02. The molecule has 0 amide bonds. The quantitative estimate of drug-likeness (QED) is 0.648. The van der Waals surface area contributed by atoms with Crippen LogP contribution >= 0.6 is 0 Å². The Morgan fingerprint density at radius 3 is 2.69 bits per heavy atom. The summed E-state index contributed by atoms with van der Waals surface area (Å²) in [6.45, 7) is 3.17. The first-order valence-electron chi connectivity index (χ1n) is 5.66. The summed E-state index contributed by atoms with van der Waals surface area (Å²) in [7, 11) is 0. The minimum absolute atomic E-state index is 0.403. The molecular weight excluding hydrogens is 162 g/mol. The number of aliphatic hydroxyl groups is 1. The van der Waals surface area contributed by atoms with Gasteiger partial charge in [-0.25, -0.2) is 0 Å². The van der Waals surface area contributed by atoms with Gasteiger partial charge in [0.2, 0.25) is 0 Å². The second kappa shape index (κ2) is 3.58. The van der Waals surface area contributed by atoms with Gasteiger partial charge < -0.3 is 10.4 Å². The lowest BCUT2D eigenvalue weighted by Crippen LogP contribution is -2.47. The van der Waals surface area contributed by atoms with Crippen LogP contribution in [0, 0.1) is 5.92 Å². The van der Waals surface area contributed by atoms with Gasteiger partial charge >= 0.3 is 0 Å². The largest absolute Gasteiger partial charge is 0.390 e. The predicted octanol–water partition coefficient (Wildman–Crippen LogP) is 1.68. The lowest BCUT2D eigenvalue weighted by molar-refractivity contribution is -0.0442. The third-order valence-electron chi connectivity index (χ3n) is 3.83. The van der Waals surface area contributed by atoms with Crippen molar-refractivity contribution in [3.63, 3.8) is 0 Å². The predicted molar refractivity (Wildman–Crippen MR) is 53.6 cm³/mol. The molecule has 2 fully saturated rings. The number of rotatable bonds is 1. The van der Waals surface area contributed by atoms with Gasteiger partial charge in [-0.3, -0.25) is 0 Å². The molecule has 0 aromatic rings. The maximum absolute atomic E-state index is 10.3. The van der Waals surface area contributed by atoms with Crippen molar-refractivity contribution in [2.75, 3.05) is 6.54 Å². The molecule has 0 bridgehead atoms. The van der Waals surface area contributed by atoms with E-state index in [0.29, 0.717) is 12.0 Å². The molecule has 13 heavy (non-hydrogen) atoms. The van der Waals surface area contributed by atoms with E-state index < -0.39 is 5.60 Å². The molecule has 2 rings (SSSR count). The first kappa shape index (κ1) is 9.47. The van der Waals surface area contributed by atoms with Crippen LogP contribution in [-0.2, 0) is 0 Å².